The normalized spacial score (nSPS) is 20.0. The van der Waals surface area contributed by atoms with Crippen molar-refractivity contribution in [3.8, 4) is 39.6 Å². The van der Waals surface area contributed by atoms with Gasteiger partial charge in [-0.2, -0.15) is 73.7 Å². The van der Waals surface area contributed by atoms with Crippen LogP contribution >= 0.6 is 0 Å². The molecule has 7 aromatic rings. The quantitative estimate of drug-likeness (QED) is 0.127. The van der Waals surface area contributed by atoms with Crippen molar-refractivity contribution in [3.05, 3.63) is 178 Å². The topological polar surface area (TPSA) is 63.9 Å². The molecule has 1 unspecified atom stereocenters. The van der Waals surface area contributed by atoms with Crippen molar-refractivity contribution in [1.82, 2.24) is 4.98 Å². The van der Waals surface area contributed by atoms with E-state index >= 15 is 0 Å². The average molecular weight is 1040 g/mol. The van der Waals surface area contributed by atoms with Crippen LogP contribution in [0.4, 0.5) is 26.3 Å². The van der Waals surface area contributed by atoms with Gasteiger partial charge in [-0.1, -0.05) is 83.2 Å². The molecular weight excluding hydrogens is 989 g/mol. The molecule has 1 fully saturated rings. The molecule has 3 heterocycles. The van der Waals surface area contributed by atoms with E-state index in [9.17, 15) is 31.6 Å². The molecule has 11 heteroatoms. The maximum Gasteiger partial charge on any atom is 3.00 e. The molecule has 0 saturated heterocycles. The number of aryl methyl sites for hydroxylation is 2. The van der Waals surface area contributed by atoms with Crippen LogP contribution in [0.15, 0.2) is 138 Å². The third-order valence-electron chi connectivity index (χ3n) is 11.2. The summed E-state index contributed by atoms with van der Waals surface area (Å²) in [6, 6.07) is 34.1. The van der Waals surface area contributed by atoms with E-state index < -0.39 is 87.1 Å². The first-order valence-corrected chi connectivity index (χ1v) is 19.3. The molecule has 1 atom stereocenters. The monoisotopic (exact) mass is 1040 g/mol. The van der Waals surface area contributed by atoms with Crippen LogP contribution in [0.2, 0.25) is 0 Å². The number of allylic oxidation sites excluding steroid dienone is 2. The third kappa shape index (κ3) is 8.98. The molecule has 63 heavy (non-hydrogen) atoms. The molecule has 0 spiro atoms. The largest absolute Gasteiger partial charge is 3.00 e. The number of rotatable bonds is 5. The smallest absolute Gasteiger partial charge is 0.683 e. The second-order valence-corrected chi connectivity index (χ2v) is 14.9. The summed E-state index contributed by atoms with van der Waals surface area (Å²) in [5.41, 5.74) is -1.64. The fraction of sp³-hybridized carbons (Fsp3) is 0.231. The molecule has 1 aliphatic carbocycles. The molecule has 0 bridgehead atoms. The first kappa shape index (κ1) is 32.7. The number of fused-ring (bicyclic) bond motifs is 3. The van der Waals surface area contributed by atoms with E-state index in [1.54, 1.807) is 48.6 Å². The Morgan fingerprint density at radius 2 is 1.65 bits per heavy atom. The number of aromatic nitrogens is 1. The molecule has 2 aliphatic rings. The number of halogens is 6. The van der Waals surface area contributed by atoms with Crippen molar-refractivity contribution >= 4 is 21.9 Å². The van der Waals surface area contributed by atoms with Gasteiger partial charge in [0.1, 0.15) is 5.58 Å². The second-order valence-electron chi connectivity index (χ2n) is 14.9. The van der Waals surface area contributed by atoms with E-state index in [0.717, 1.165) is 35.0 Å². The average Bonchev–Trinajstić information content (AvgIpc) is 3.71. The summed E-state index contributed by atoms with van der Waals surface area (Å²) in [6.45, 7) is -8.06. The SMILES string of the molecule is [2H]C([2H])([2H])C1=C[N-]C(c2[c-]cccc2)C=C1.[2H]c1cc(C2([2H])CCC(C(F)(F)F)(C(F)(F)F)CC2)cc(C([2H])([2H])[2H])c1-c1cc(-c2[c-]ccc3c2oc2cc(-c4cccc(C#N)c4)ccc23)ncc1C([2H])([2H])[2H].[Ir+3]. The molecule has 4 nitrogen and oxygen atoms in total. The summed E-state index contributed by atoms with van der Waals surface area (Å²) in [4.78, 5) is 4.39. The van der Waals surface area contributed by atoms with Crippen molar-refractivity contribution in [1.29, 1.82) is 5.26 Å². The fourth-order valence-electron chi connectivity index (χ4n) is 7.82. The second kappa shape index (κ2) is 18.0. The van der Waals surface area contributed by atoms with Gasteiger partial charge >= 0.3 is 32.5 Å². The molecule has 1 aliphatic heterocycles. The summed E-state index contributed by atoms with van der Waals surface area (Å²) in [6.07, 6.45) is -10.3. The zero-order valence-electron chi connectivity index (χ0n) is 43.8. The van der Waals surface area contributed by atoms with E-state index in [4.69, 9.17) is 19.5 Å². The van der Waals surface area contributed by atoms with Gasteiger partial charge in [0.2, 0.25) is 0 Å². The van der Waals surface area contributed by atoms with Crippen LogP contribution in [-0.2, 0) is 20.1 Å². The minimum Gasteiger partial charge on any atom is -0.683 e. The van der Waals surface area contributed by atoms with Crippen molar-refractivity contribution < 1.29 is 65.9 Å². The van der Waals surface area contributed by atoms with Gasteiger partial charge in [-0.15, -0.1) is 18.2 Å². The predicted octanol–water partition coefficient (Wildman–Crippen LogP) is 15.4. The Balaban J connectivity index is 0.000000400. The van der Waals surface area contributed by atoms with Crippen LogP contribution in [0.1, 0.15) is 87.4 Å². The number of alkyl halides is 6. The predicted molar refractivity (Wildman–Crippen MR) is 231 cm³/mol. The van der Waals surface area contributed by atoms with Gasteiger partial charge in [-0.05, 0) is 115 Å². The maximum absolute atomic E-state index is 13.9. The first-order chi connectivity index (χ1) is 34.0. The molecular formula is C52H40F6IrN3O. The van der Waals surface area contributed by atoms with Gasteiger partial charge in [0, 0.05) is 25.3 Å². The molecule has 0 amide bonds. The van der Waals surface area contributed by atoms with Gasteiger partial charge < -0.3 is 14.7 Å². The van der Waals surface area contributed by atoms with Crippen molar-refractivity contribution in [3.63, 3.8) is 0 Å². The standard InChI is InChI=1S/C40H29F6N2O.C12H11N.Ir/c1-23-17-28(26-13-15-38(16-14-26,39(41,42)43)40(44,45)46)9-11-30(23)34-20-35(48-22-24(34)2)33-8-4-7-32-31-12-10-29(19-36(31)49-37(32)33)27-6-3-5-25(18-27)21-47;1-10-7-8-12(13-9-10)11-5-3-2-4-6-11;/h3-7,9-12,17-20,22,26H,13-16H2,1-2H3;2-5,7-9,12H,1H3;/q-1;-2;+3/i1D3,2D3,11D,26D;1D3;. The number of nitriles is 1. The Kier molecular flexibility index (Phi) is 9.36. The summed E-state index contributed by atoms with van der Waals surface area (Å²) in [5, 5.41) is 14.9. The number of furan rings is 1. The van der Waals surface area contributed by atoms with E-state index in [2.05, 4.69) is 28.5 Å². The molecule has 5 aromatic carbocycles. The molecule has 9 rings (SSSR count). The van der Waals surface area contributed by atoms with Gasteiger partial charge in [-0.3, -0.25) is 0 Å². The molecule has 0 N–H and O–H groups in total. The van der Waals surface area contributed by atoms with E-state index in [1.165, 1.54) is 12.3 Å². The Bertz CT molecular complexity index is 3320. The van der Waals surface area contributed by atoms with Crippen LogP contribution in [0, 0.1) is 42.6 Å². The Hall–Kier alpha value is -5.95. The van der Waals surface area contributed by atoms with Crippen LogP contribution in [0.3, 0.4) is 0 Å². The van der Waals surface area contributed by atoms with Gasteiger partial charge in [0.15, 0.2) is 5.41 Å². The van der Waals surface area contributed by atoms with Crippen LogP contribution < -0.4 is 0 Å². The van der Waals surface area contributed by atoms with Gasteiger partial charge in [0.25, 0.3) is 0 Å². The summed E-state index contributed by atoms with van der Waals surface area (Å²) in [7, 11) is 0. The summed E-state index contributed by atoms with van der Waals surface area (Å²) >= 11 is 0. The van der Waals surface area contributed by atoms with Crippen LogP contribution in [-0.4, -0.2) is 17.3 Å². The van der Waals surface area contributed by atoms with Gasteiger partial charge in [-0.25, -0.2) is 0 Å². The molecule has 0 radical (unpaired) electrons. The van der Waals surface area contributed by atoms with Crippen molar-refractivity contribution in [2.75, 3.05) is 0 Å². The first-order valence-electron chi connectivity index (χ1n) is 24.8. The zero-order chi connectivity index (χ0) is 53.1. The molecule has 2 aromatic heterocycles. The van der Waals surface area contributed by atoms with Crippen LogP contribution in [0.5, 0.6) is 0 Å². The maximum atomic E-state index is 13.9. The van der Waals surface area contributed by atoms with Crippen molar-refractivity contribution in [2.24, 2.45) is 5.41 Å². The number of benzene rings is 5. The van der Waals surface area contributed by atoms with E-state index in [-0.39, 0.29) is 59.7 Å². The zero-order valence-corrected chi connectivity index (χ0v) is 35.2. The minimum atomic E-state index is -5.65. The Morgan fingerprint density at radius 1 is 0.857 bits per heavy atom. The van der Waals surface area contributed by atoms with Crippen molar-refractivity contribution in [2.45, 2.75) is 70.5 Å². The molecule has 320 valence electrons. The van der Waals surface area contributed by atoms with E-state index in [0.29, 0.717) is 27.5 Å². The Labute approximate surface area is 391 Å². The summed E-state index contributed by atoms with van der Waals surface area (Å²) < 4.78 is 179. The van der Waals surface area contributed by atoms with Crippen LogP contribution in [0.25, 0.3) is 60.8 Å². The minimum absolute atomic E-state index is 0. The molecule has 1 saturated carbocycles. The van der Waals surface area contributed by atoms with Gasteiger partial charge in [0.05, 0.1) is 18.6 Å². The van der Waals surface area contributed by atoms with E-state index in [1.807, 2.05) is 42.5 Å². The summed E-state index contributed by atoms with van der Waals surface area (Å²) in [5.74, 6) is -2.12. The number of hydrogen-bond donors (Lipinski definition) is 0. The number of pyridine rings is 1. The third-order valence-corrected chi connectivity index (χ3v) is 11.2. The Morgan fingerprint density at radius 3 is 2.33 bits per heavy atom. The number of hydrogen-bond acceptors (Lipinski definition) is 3. The fourth-order valence-corrected chi connectivity index (χ4v) is 7.82. The number of nitrogens with zero attached hydrogens (tertiary/aromatic N) is 3.